The van der Waals surface area contributed by atoms with Crippen LogP contribution >= 0.6 is 47.8 Å². The van der Waals surface area contributed by atoms with E-state index in [0.29, 0.717) is 79.5 Å². The lowest BCUT2D eigenvalue weighted by Crippen LogP contribution is -2.58. The zero-order valence-corrected chi connectivity index (χ0v) is 35.4. The van der Waals surface area contributed by atoms with Gasteiger partial charge in [0.05, 0.1) is 8.95 Å². The molecule has 0 unspecified atom stereocenters. The highest BCUT2D eigenvalue weighted by Gasteiger charge is 2.31. The molecule has 0 aliphatic carbocycles. The Labute approximate surface area is 341 Å². The Bertz CT molecular complexity index is 1710. The maximum atomic E-state index is 14.1. The molecule has 1 aliphatic rings. The van der Waals surface area contributed by atoms with Crippen LogP contribution in [0.3, 0.4) is 0 Å². The monoisotopic (exact) mass is 935 g/mol. The first-order valence-electron chi connectivity index (χ1n) is 17.8. The van der Waals surface area contributed by atoms with Crippen molar-refractivity contribution in [3.63, 3.8) is 0 Å². The molecule has 2 atom stereocenters. The van der Waals surface area contributed by atoms with Crippen molar-refractivity contribution in [3.8, 4) is 5.75 Å². The Morgan fingerprint density at radius 2 is 1.54 bits per heavy atom. The number of phenolic OH excluding ortho intramolecular Hbond substituents is 1. The minimum atomic E-state index is -1.06. The van der Waals surface area contributed by atoms with Gasteiger partial charge in [0.2, 0.25) is 11.8 Å². The molecular weight excluding hydrogens is 890 g/mol. The number of piperazine rings is 1. The Morgan fingerprint density at radius 1 is 0.852 bits per heavy atom. The first-order chi connectivity index (χ1) is 25.7. The smallest absolute Gasteiger partial charge is 0.407 e. The second-order valence-corrected chi connectivity index (χ2v) is 16.6. The van der Waals surface area contributed by atoms with Crippen LogP contribution in [0.4, 0.5) is 15.3 Å². The molecule has 4 rings (SSSR count). The van der Waals surface area contributed by atoms with Gasteiger partial charge in [-0.25, -0.2) is 9.59 Å². The fraction of sp³-hybridized carbons (Fsp3) is 0.447. The molecule has 0 saturated carbocycles. The van der Waals surface area contributed by atoms with E-state index in [2.05, 4.69) is 78.9 Å². The predicted octanol–water partition coefficient (Wildman–Crippen LogP) is 6.06. The van der Waals surface area contributed by atoms with E-state index in [4.69, 9.17) is 4.74 Å². The molecule has 0 spiro atoms. The minimum Gasteiger partial charge on any atom is -0.506 e. The molecule has 5 amide bonds. The van der Waals surface area contributed by atoms with Gasteiger partial charge in [0.25, 0.3) is 0 Å². The third-order valence-electron chi connectivity index (χ3n) is 8.55. The van der Waals surface area contributed by atoms with E-state index in [1.807, 2.05) is 36.4 Å². The van der Waals surface area contributed by atoms with Crippen molar-refractivity contribution in [1.29, 1.82) is 0 Å². The summed E-state index contributed by atoms with van der Waals surface area (Å²) >= 11 is 10.2. The van der Waals surface area contributed by atoms with E-state index in [1.54, 1.807) is 50.2 Å². The third-order valence-corrected chi connectivity index (χ3v) is 10.3. The Balaban J connectivity index is 1.46. The number of aromatic hydroxyl groups is 1. The lowest BCUT2D eigenvalue weighted by Gasteiger charge is -2.37. The van der Waals surface area contributed by atoms with Gasteiger partial charge in [-0.3, -0.25) is 14.6 Å². The average molecular weight is 939 g/mol. The van der Waals surface area contributed by atoms with Gasteiger partial charge in [-0.05, 0) is 126 Å². The maximum absolute atomic E-state index is 14.1. The summed E-state index contributed by atoms with van der Waals surface area (Å²) in [4.78, 5) is 61.6. The summed E-state index contributed by atoms with van der Waals surface area (Å²) in [5.74, 6) is -0.739. The third kappa shape index (κ3) is 14.1. The highest BCUT2D eigenvalue weighted by Crippen LogP contribution is 2.33. The predicted molar refractivity (Wildman–Crippen MR) is 218 cm³/mol. The number of amides is 5. The number of carbonyl (C=O) groups excluding carboxylic acids is 4. The van der Waals surface area contributed by atoms with Crippen molar-refractivity contribution in [3.05, 3.63) is 85.5 Å². The van der Waals surface area contributed by atoms with E-state index in [1.165, 1.54) is 0 Å². The molecule has 5 N–H and O–H groups in total. The number of alkyl carbamates (subject to hydrolysis) is 1. The number of urea groups is 1. The average Bonchev–Trinajstić information content (AvgIpc) is 3.12. The van der Waals surface area contributed by atoms with Crippen LogP contribution in [0.1, 0.15) is 51.2 Å². The number of ether oxygens (including phenoxy) is 1. The summed E-state index contributed by atoms with van der Waals surface area (Å²) in [5.41, 5.74) is 2.09. The zero-order valence-electron chi connectivity index (χ0n) is 30.7. The molecule has 13 nitrogen and oxygen atoms in total. The largest absolute Gasteiger partial charge is 0.506 e. The molecule has 3 aromatic rings. The molecule has 0 radical (unpaired) electrons. The normalized spacial score (nSPS) is 14.1. The summed E-state index contributed by atoms with van der Waals surface area (Å²) in [6.45, 7) is 8.19. The number of nitrogens with zero attached hydrogens (tertiary/aromatic N) is 3. The molecule has 1 aromatic heterocycles. The number of benzene rings is 2. The molecule has 2 heterocycles. The van der Waals surface area contributed by atoms with Crippen LogP contribution in [0.5, 0.6) is 5.75 Å². The van der Waals surface area contributed by atoms with Crippen LogP contribution in [-0.4, -0.2) is 95.9 Å². The molecule has 54 heavy (non-hydrogen) atoms. The number of aromatic nitrogens is 1. The maximum Gasteiger partial charge on any atom is 0.407 e. The first-order valence-corrected chi connectivity index (χ1v) is 20.2. The number of hydrogen-bond acceptors (Lipinski definition) is 8. The van der Waals surface area contributed by atoms with Gasteiger partial charge in [-0.15, -0.1) is 0 Å². The van der Waals surface area contributed by atoms with Crippen molar-refractivity contribution in [2.24, 2.45) is 0 Å². The molecule has 2 aromatic carbocycles. The van der Waals surface area contributed by atoms with E-state index in [-0.39, 0.29) is 18.1 Å². The number of phenols is 1. The van der Waals surface area contributed by atoms with Crippen molar-refractivity contribution < 1.29 is 29.0 Å². The quantitative estimate of drug-likeness (QED) is 0.115. The van der Waals surface area contributed by atoms with Crippen LogP contribution in [0.25, 0.3) is 0 Å². The van der Waals surface area contributed by atoms with Crippen LogP contribution in [0.2, 0.25) is 0 Å². The number of pyridine rings is 1. The number of anilines is 1. The Morgan fingerprint density at radius 3 is 2.19 bits per heavy atom. The van der Waals surface area contributed by atoms with Gasteiger partial charge in [0.15, 0.2) is 0 Å². The zero-order chi connectivity index (χ0) is 39.3. The summed E-state index contributed by atoms with van der Waals surface area (Å²) in [5, 5.41) is 21.6. The van der Waals surface area contributed by atoms with Gasteiger partial charge < -0.3 is 40.9 Å². The van der Waals surface area contributed by atoms with Crippen molar-refractivity contribution in [2.45, 2.75) is 70.6 Å². The Hall–Kier alpha value is -3.89. The van der Waals surface area contributed by atoms with Crippen molar-refractivity contribution in [1.82, 2.24) is 31.2 Å². The fourth-order valence-electron chi connectivity index (χ4n) is 5.87. The van der Waals surface area contributed by atoms with E-state index in [0.717, 1.165) is 15.7 Å². The molecule has 1 aliphatic heterocycles. The van der Waals surface area contributed by atoms with Gasteiger partial charge in [-0.2, -0.15) is 0 Å². The minimum absolute atomic E-state index is 0.00819. The van der Waals surface area contributed by atoms with Crippen molar-refractivity contribution >= 4 is 77.4 Å². The molecular formula is C38H48Br3N7O6. The standard InChI is InChI=1S/C38H48Br3N7O6/c1-38(2,3)54-37(53)44-13-5-4-9-31(35(51)48-19-17-47(18-20-48)28-11-14-42-15-12-28)45-34(50)32(24-26-22-29(40)33(49)30(41)23-26)46-36(52)43-16-10-25-7-6-8-27(39)21-25/h6-8,11-12,14-15,21-23,31-32,49H,4-5,9-10,13,16-20,24H2,1-3H3,(H,44,53)(H,45,50)(H2,43,46,52)/t31-,32+/m0/s1. The second kappa shape index (κ2) is 20.7. The SMILES string of the molecule is CC(C)(C)OC(=O)NCCCC[C@H](NC(=O)[C@@H](Cc1cc(Br)c(O)c(Br)c1)NC(=O)NCCc1cccc(Br)c1)C(=O)N1CCN(c2ccncc2)CC1. The summed E-state index contributed by atoms with van der Waals surface area (Å²) in [7, 11) is 0. The lowest BCUT2D eigenvalue weighted by molar-refractivity contribution is -0.137. The molecule has 1 saturated heterocycles. The molecule has 292 valence electrons. The van der Waals surface area contributed by atoms with E-state index in [9.17, 15) is 24.3 Å². The summed E-state index contributed by atoms with van der Waals surface area (Å²) in [6, 6.07) is 12.5. The second-order valence-electron chi connectivity index (χ2n) is 13.9. The topological polar surface area (TPSA) is 165 Å². The van der Waals surface area contributed by atoms with Gasteiger partial charge in [0.1, 0.15) is 23.4 Å². The van der Waals surface area contributed by atoms with Crippen LogP contribution in [-0.2, 0) is 27.2 Å². The summed E-state index contributed by atoms with van der Waals surface area (Å²) in [6.07, 6.45) is 4.99. The number of hydrogen-bond donors (Lipinski definition) is 5. The fourth-order valence-corrected chi connectivity index (χ4v) is 7.60. The molecule has 16 heteroatoms. The van der Waals surface area contributed by atoms with Crippen LogP contribution in [0, 0.1) is 0 Å². The molecule has 0 bridgehead atoms. The van der Waals surface area contributed by atoms with Gasteiger partial charge in [0, 0.05) is 68.2 Å². The highest BCUT2D eigenvalue weighted by atomic mass is 79.9. The number of rotatable bonds is 15. The van der Waals surface area contributed by atoms with E-state index < -0.39 is 35.7 Å². The number of halogens is 3. The van der Waals surface area contributed by atoms with Gasteiger partial charge in [-0.1, -0.05) is 28.1 Å². The van der Waals surface area contributed by atoms with Gasteiger partial charge >= 0.3 is 12.1 Å². The Kier molecular flexibility index (Phi) is 16.4. The lowest BCUT2D eigenvalue weighted by atomic mass is 10.0. The van der Waals surface area contributed by atoms with E-state index >= 15 is 0 Å². The van der Waals surface area contributed by atoms with Crippen LogP contribution in [0.15, 0.2) is 74.3 Å². The number of nitrogens with one attached hydrogen (secondary N) is 4. The van der Waals surface area contributed by atoms with Crippen molar-refractivity contribution in [2.75, 3.05) is 44.2 Å². The van der Waals surface area contributed by atoms with Crippen LogP contribution < -0.4 is 26.2 Å². The molecule has 1 fully saturated rings. The summed E-state index contributed by atoms with van der Waals surface area (Å²) < 4.78 is 7.10. The number of carbonyl (C=O) groups is 4. The first kappa shape index (κ1) is 42.8. The highest BCUT2D eigenvalue weighted by molar-refractivity contribution is 9.11. The number of unbranched alkanes of at least 4 members (excludes halogenated alkanes) is 1.